The first-order chi connectivity index (χ1) is 9.09. The highest BCUT2D eigenvalue weighted by Gasteiger charge is 2.04. The van der Waals surface area contributed by atoms with Gasteiger partial charge >= 0.3 is 0 Å². The van der Waals surface area contributed by atoms with Crippen molar-refractivity contribution in [3.05, 3.63) is 30.1 Å². The molecule has 104 valence electrons. The molecule has 0 bridgehead atoms. The molecule has 1 rings (SSSR count). The minimum Gasteiger partial charge on any atom is -0.355 e. The molecule has 19 heavy (non-hydrogen) atoms. The van der Waals surface area contributed by atoms with Crippen LogP contribution >= 0.6 is 11.8 Å². The number of carbonyl (C=O) groups excluding carboxylic acids is 2. The predicted molar refractivity (Wildman–Crippen MR) is 73.4 cm³/mol. The Morgan fingerprint density at radius 1 is 1.21 bits per heavy atom. The van der Waals surface area contributed by atoms with Gasteiger partial charge in [-0.15, -0.1) is 11.8 Å². The van der Waals surface area contributed by atoms with Gasteiger partial charge in [0.25, 0.3) is 0 Å². The molecule has 1 aromatic carbocycles. The topological polar surface area (TPSA) is 58.2 Å². The quantitative estimate of drug-likeness (QED) is 0.590. The highest BCUT2D eigenvalue weighted by Crippen LogP contribution is 2.21. The lowest BCUT2D eigenvalue weighted by Gasteiger charge is -2.06. The number of nitrogens with one attached hydrogen (secondary N) is 2. The number of amides is 2. The van der Waals surface area contributed by atoms with E-state index in [1.165, 1.54) is 24.8 Å². The van der Waals surface area contributed by atoms with Crippen molar-refractivity contribution in [3.8, 4) is 0 Å². The molecule has 0 aromatic heterocycles. The molecule has 0 atom stereocenters. The molecule has 0 spiro atoms. The first-order valence-electron chi connectivity index (χ1n) is 5.98. The van der Waals surface area contributed by atoms with Gasteiger partial charge in [0.05, 0.1) is 0 Å². The van der Waals surface area contributed by atoms with E-state index in [4.69, 9.17) is 0 Å². The standard InChI is InChI=1S/C13H17FN2O2S/c1-10(17)15-7-8-16-13(18)6-9-19-12-5-3-2-4-11(12)14/h2-5H,6-9H2,1H3,(H,15,17)(H,16,18). The van der Waals surface area contributed by atoms with Gasteiger partial charge in [0.15, 0.2) is 0 Å². The first-order valence-corrected chi connectivity index (χ1v) is 6.96. The van der Waals surface area contributed by atoms with Crippen molar-refractivity contribution < 1.29 is 14.0 Å². The van der Waals surface area contributed by atoms with Crippen LogP contribution in [0, 0.1) is 5.82 Å². The van der Waals surface area contributed by atoms with Crippen LogP contribution < -0.4 is 10.6 Å². The summed E-state index contributed by atoms with van der Waals surface area (Å²) in [5.74, 6) is 0.0320. The van der Waals surface area contributed by atoms with Crippen molar-refractivity contribution in [2.75, 3.05) is 18.8 Å². The van der Waals surface area contributed by atoms with Crippen LogP contribution in [0.25, 0.3) is 0 Å². The van der Waals surface area contributed by atoms with Gasteiger partial charge in [-0.3, -0.25) is 9.59 Å². The van der Waals surface area contributed by atoms with E-state index in [0.717, 1.165) is 0 Å². The van der Waals surface area contributed by atoms with Gasteiger partial charge in [0.1, 0.15) is 5.82 Å². The van der Waals surface area contributed by atoms with Gasteiger partial charge in [-0.2, -0.15) is 0 Å². The lowest BCUT2D eigenvalue weighted by atomic mass is 10.3. The predicted octanol–water partition coefficient (Wildman–Crippen LogP) is 1.56. The van der Waals surface area contributed by atoms with E-state index >= 15 is 0 Å². The minimum atomic E-state index is -0.265. The maximum absolute atomic E-state index is 13.3. The number of hydrogen-bond donors (Lipinski definition) is 2. The average molecular weight is 284 g/mol. The Bertz CT molecular complexity index is 440. The zero-order valence-electron chi connectivity index (χ0n) is 10.7. The van der Waals surface area contributed by atoms with E-state index in [1.54, 1.807) is 18.2 Å². The zero-order valence-corrected chi connectivity index (χ0v) is 11.6. The molecular weight excluding hydrogens is 267 g/mol. The van der Waals surface area contributed by atoms with E-state index in [9.17, 15) is 14.0 Å². The number of thioether (sulfide) groups is 1. The van der Waals surface area contributed by atoms with Gasteiger partial charge in [0, 0.05) is 37.1 Å². The molecule has 0 saturated carbocycles. The van der Waals surface area contributed by atoms with Crippen LogP contribution in [-0.4, -0.2) is 30.7 Å². The Morgan fingerprint density at radius 2 is 1.89 bits per heavy atom. The number of hydrogen-bond acceptors (Lipinski definition) is 3. The molecule has 0 aliphatic rings. The van der Waals surface area contributed by atoms with Gasteiger partial charge in [-0.05, 0) is 12.1 Å². The summed E-state index contributed by atoms with van der Waals surface area (Å²) >= 11 is 1.31. The summed E-state index contributed by atoms with van der Waals surface area (Å²) in [7, 11) is 0. The third kappa shape index (κ3) is 6.81. The molecule has 0 aliphatic heterocycles. The molecule has 6 heteroatoms. The molecule has 2 N–H and O–H groups in total. The summed E-state index contributed by atoms with van der Waals surface area (Å²) in [6.07, 6.45) is 0.319. The van der Waals surface area contributed by atoms with Crippen molar-refractivity contribution in [3.63, 3.8) is 0 Å². The number of rotatable bonds is 7. The number of benzene rings is 1. The zero-order chi connectivity index (χ0) is 14.1. The van der Waals surface area contributed by atoms with Crippen molar-refractivity contribution >= 4 is 23.6 Å². The summed E-state index contributed by atoms with van der Waals surface area (Å²) < 4.78 is 13.3. The Labute approximate surface area is 116 Å². The Hall–Kier alpha value is -1.56. The van der Waals surface area contributed by atoms with Crippen LogP contribution in [0.2, 0.25) is 0 Å². The van der Waals surface area contributed by atoms with E-state index in [1.807, 2.05) is 0 Å². The van der Waals surface area contributed by atoms with Crippen LogP contribution in [0.1, 0.15) is 13.3 Å². The second-order valence-electron chi connectivity index (χ2n) is 3.86. The molecule has 0 heterocycles. The summed E-state index contributed by atoms with van der Waals surface area (Å²) in [5.41, 5.74) is 0. The van der Waals surface area contributed by atoms with Gasteiger partial charge in [-0.25, -0.2) is 4.39 Å². The van der Waals surface area contributed by atoms with E-state index in [2.05, 4.69) is 10.6 Å². The van der Waals surface area contributed by atoms with Crippen molar-refractivity contribution in [1.29, 1.82) is 0 Å². The van der Waals surface area contributed by atoms with Crippen LogP contribution in [0.5, 0.6) is 0 Å². The molecule has 0 radical (unpaired) electrons. The first kappa shape index (κ1) is 15.5. The molecule has 1 aromatic rings. The van der Waals surface area contributed by atoms with Crippen molar-refractivity contribution in [1.82, 2.24) is 10.6 Å². The van der Waals surface area contributed by atoms with E-state index in [0.29, 0.717) is 30.2 Å². The van der Waals surface area contributed by atoms with Crippen LogP contribution in [0.15, 0.2) is 29.2 Å². The average Bonchev–Trinajstić information content (AvgIpc) is 2.37. The van der Waals surface area contributed by atoms with E-state index in [-0.39, 0.29) is 17.6 Å². The summed E-state index contributed by atoms with van der Waals surface area (Å²) in [6.45, 7) is 2.25. The van der Waals surface area contributed by atoms with Crippen LogP contribution in [0.4, 0.5) is 4.39 Å². The fraction of sp³-hybridized carbons (Fsp3) is 0.385. The maximum Gasteiger partial charge on any atom is 0.220 e. The third-order valence-electron chi connectivity index (χ3n) is 2.24. The fourth-order valence-electron chi connectivity index (χ4n) is 1.34. The Kier molecular flexibility index (Phi) is 6.95. The highest BCUT2D eigenvalue weighted by molar-refractivity contribution is 7.99. The van der Waals surface area contributed by atoms with Crippen LogP contribution in [-0.2, 0) is 9.59 Å². The van der Waals surface area contributed by atoms with E-state index < -0.39 is 0 Å². The molecule has 0 saturated heterocycles. The molecule has 0 fully saturated rings. The Balaban J connectivity index is 2.14. The second-order valence-corrected chi connectivity index (χ2v) is 5.00. The van der Waals surface area contributed by atoms with Crippen molar-refractivity contribution in [2.45, 2.75) is 18.2 Å². The lowest BCUT2D eigenvalue weighted by molar-refractivity contribution is -0.121. The smallest absolute Gasteiger partial charge is 0.220 e. The summed E-state index contributed by atoms with van der Waals surface area (Å²) in [6, 6.07) is 6.48. The highest BCUT2D eigenvalue weighted by atomic mass is 32.2. The van der Waals surface area contributed by atoms with Gasteiger partial charge < -0.3 is 10.6 Å². The second kappa shape index (κ2) is 8.53. The summed E-state index contributed by atoms with van der Waals surface area (Å²) in [5, 5.41) is 5.26. The monoisotopic (exact) mass is 284 g/mol. The van der Waals surface area contributed by atoms with Gasteiger partial charge in [0.2, 0.25) is 11.8 Å². The Morgan fingerprint density at radius 3 is 2.58 bits per heavy atom. The normalized spacial score (nSPS) is 10.0. The largest absolute Gasteiger partial charge is 0.355 e. The molecule has 2 amide bonds. The van der Waals surface area contributed by atoms with Gasteiger partial charge in [-0.1, -0.05) is 12.1 Å². The summed E-state index contributed by atoms with van der Waals surface area (Å²) in [4.78, 5) is 22.6. The molecule has 4 nitrogen and oxygen atoms in total. The fourth-order valence-corrected chi connectivity index (χ4v) is 2.23. The molecule has 0 aliphatic carbocycles. The van der Waals surface area contributed by atoms with Crippen molar-refractivity contribution in [2.24, 2.45) is 0 Å². The number of halogens is 1. The van der Waals surface area contributed by atoms with Crippen LogP contribution in [0.3, 0.4) is 0 Å². The SMILES string of the molecule is CC(=O)NCCNC(=O)CCSc1ccccc1F. The minimum absolute atomic E-state index is 0.103. The third-order valence-corrected chi connectivity index (χ3v) is 3.29. The molecule has 0 unspecified atom stereocenters. The maximum atomic E-state index is 13.3. The number of carbonyl (C=O) groups is 2. The molecular formula is C13H17FN2O2S. The lowest BCUT2D eigenvalue weighted by Crippen LogP contribution is -2.33.